The lowest BCUT2D eigenvalue weighted by Gasteiger charge is -2.29. The number of anilines is 1. The lowest BCUT2D eigenvalue weighted by Crippen LogP contribution is -2.36. The smallest absolute Gasteiger partial charge is 0.146 e. The molecule has 1 aliphatic rings. The van der Waals surface area contributed by atoms with Crippen molar-refractivity contribution >= 4 is 5.69 Å². The van der Waals surface area contributed by atoms with Crippen molar-refractivity contribution in [2.45, 2.75) is 6.54 Å². The van der Waals surface area contributed by atoms with E-state index in [9.17, 15) is 4.39 Å². The van der Waals surface area contributed by atoms with Crippen molar-refractivity contribution in [3.05, 3.63) is 29.6 Å². The van der Waals surface area contributed by atoms with Crippen LogP contribution in [0.2, 0.25) is 0 Å². The van der Waals surface area contributed by atoms with Gasteiger partial charge in [-0.2, -0.15) is 0 Å². The maximum Gasteiger partial charge on any atom is 0.146 e. The first-order valence-corrected chi connectivity index (χ1v) is 5.57. The Balaban J connectivity index is 2.19. The number of nitrogens with one attached hydrogen (secondary N) is 1. The Hall–Kier alpha value is -1.13. The second kappa shape index (κ2) is 5.27. The molecule has 1 fully saturated rings. The van der Waals surface area contributed by atoms with Gasteiger partial charge < -0.3 is 15.0 Å². The average Bonchev–Trinajstić information content (AvgIpc) is 2.33. The van der Waals surface area contributed by atoms with E-state index in [1.165, 1.54) is 6.07 Å². The number of halogens is 1. The standard InChI is InChI=1S/C12H17FN2O/c1-14-9-10-2-3-11(13)12(8-10)15-4-6-16-7-5-15/h2-3,8,14H,4-7,9H2,1H3. The molecule has 1 aliphatic heterocycles. The molecule has 0 radical (unpaired) electrons. The van der Waals surface area contributed by atoms with Crippen LogP contribution in [-0.2, 0) is 11.3 Å². The molecule has 1 heterocycles. The predicted molar refractivity (Wildman–Crippen MR) is 62.2 cm³/mol. The van der Waals surface area contributed by atoms with Gasteiger partial charge in [-0.3, -0.25) is 0 Å². The Morgan fingerprint density at radius 2 is 2.12 bits per heavy atom. The minimum Gasteiger partial charge on any atom is -0.378 e. The van der Waals surface area contributed by atoms with E-state index in [0.29, 0.717) is 18.9 Å². The summed E-state index contributed by atoms with van der Waals surface area (Å²) < 4.78 is 19.0. The lowest BCUT2D eigenvalue weighted by molar-refractivity contribution is 0.122. The average molecular weight is 224 g/mol. The highest BCUT2D eigenvalue weighted by Gasteiger charge is 2.15. The maximum absolute atomic E-state index is 13.7. The molecule has 1 saturated heterocycles. The number of hydrogen-bond donors (Lipinski definition) is 1. The lowest BCUT2D eigenvalue weighted by atomic mass is 10.1. The fraction of sp³-hybridized carbons (Fsp3) is 0.500. The molecule has 0 aliphatic carbocycles. The topological polar surface area (TPSA) is 24.5 Å². The zero-order chi connectivity index (χ0) is 11.4. The minimum atomic E-state index is -0.151. The van der Waals surface area contributed by atoms with Crippen molar-refractivity contribution in [2.24, 2.45) is 0 Å². The number of ether oxygens (including phenoxy) is 1. The highest BCUT2D eigenvalue weighted by atomic mass is 19.1. The van der Waals surface area contributed by atoms with Gasteiger partial charge in [-0.15, -0.1) is 0 Å². The van der Waals surface area contributed by atoms with Crippen LogP contribution in [0.5, 0.6) is 0 Å². The van der Waals surface area contributed by atoms with Gasteiger partial charge in [0.05, 0.1) is 18.9 Å². The summed E-state index contributed by atoms with van der Waals surface area (Å²) in [6.45, 7) is 3.64. The van der Waals surface area contributed by atoms with E-state index in [2.05, 4.69) is 5.32 Å². The van der Waals surface area contributed by atoms with Crippen molar-refractivity contribution in [3.63, 3.8) is 0 Å². The van der Waals surface area contributed by atoms with Crippen LogP contribution in [0, 0.1) is 5.82 Å². The summed E-state index contributed by atoms with van der Waals surface area (Å²) in [6.07, 6.45) is 0. The molecule has 1 aromatic rings. The van der Waals surface area contributed by atoms with E-state index in [1.54, 1.807) is 0 Å². The molecule has 1 N–H and O–H groups in total. The third-order valence-corrected chi connectivity index (χ3v) is 2.74. The van der Waals surface area contributed by atoms with Crippen LogP contribution in [0.1, 0.15) is 5.56 Å². The fourth-order valence-corrected chi connectivity index (χ4v) is 1.92. The Morgan fingerprint density at radius 1 is 1.38 bits per heavy atom. The van der Waals surface area contributed by atoms with E-state index >= 15 is 0 Å². The molecule has 0 bridgehead atoms. The van der Waals surface area contributed by atoms with Gasteiger partial charge in [0.25, 0.3) is 0 Å². The van der Waals surface area contributed by atoms with Crippen molar-refractivity contribution in [1.82, 2.24) is 5.32 Å². The van der Waals surface area contributed by atoms with Crippen LogP contribution in [0.4, 0.5) is 10.1 Å². The summed E-state index contributed by atoms with van der Waals surface area (Å²) >= 11 is 0. The zero-order valence-corrected chi connectivity index (χ0v) is 9.50. The third-order valence-electron chi connectivity index (χ3n) is 2.74. The summed E-state index contributed by atoms with van der Waals surface area (Å²) in [5.74, 6) is -0.151. The molecular weight excluding hydrogens is 207 g/mol. The number of rotatable bonds is 3. The van der Waals surface area contributed by atoms with Crippen LogP contribution < -0.4 is 10.2 Å². The molecule has 0 atom stereocenters. The van der Waals surface area contributed by atoms with Gasteiger partial charge in [-0.05, 0) is 24.7 Å². The molecule has 2 rings (SSSR count). The number of benzene rings is 1. The summed E-state index contributed by atoms with van der Waals surface area (Å²) in [6, 6.07) is 5.27. The van der Waals surface area contributed by atoms with Crippen LogP contribution in [0.3, 0.4) is 0 Å². The Bertz CT molecular complexity index is 351. The van der Waals surface area contributed by atoms with E-state index in [1.807, 2.05) is 24.1 Å². The van der Waals surface area contributed by atoms with Gasteiger partial charge in [0, 0.05) is 19.6 Å². The van der Waals surface area contributed by atoms with Crippen LogP contribution >= 0.6 is 0 Å². The second-order valence-corrected chi connectivity index (χ2v) is 3.92. The normalized spacial score (nSPS) is 16.5. The van der Waals surface area contributed by atoms with Gasteiger partial charge >= 0.3 is 0 Å². The van der Waals surface area contributed by atoms with Gasteiger partial charge in [0.2, 0.25) is 0 Å². The highest BCUT2D eigenvalue weighted by molar-refractivity contribution is 5.50. The van der Waals surface area contributed by atoms with Crippen molar-refractivity contribution < 1.29 is 9.13 Å². The van der Waals surface area contributed by atoms with Gasteiger partial charge in [0.1, 0.15) is 5.82 Å². The number of hydrogen-bond acceptors (Lipinski definition) is 3. The first kappa shape index (κ1) is 11.4. The zero-order valence-electron chi connectivity index (χ0n) is 9.50. The molecule has 0 spiro atoms. The van der Waals surface area contributed by atoms with E-state index in [4.69, 9.17) is 4.74 Å². The predicted octanol–water partition coefficient (Wildman–Crippen LogP) is 1.38. The van der Waals surface area contributed by atoms with Gasteiger partial charge in [0.15, 0.2) is 0 Å². The summed E-state index contributed by atoms with van der Waals surface area (Å²) in [5, 5.41) is 3.07. The summed E-state index contributed by atoms with van der Waals surface area (Å²) in [5.41, 5.74) is 1.79. The largest absolute Gasteiger partial charge is 0.378 e. The maximum atomic E-state index is 13.7. The SMILES string of the molecule is CNCc1ccc(F)c(N2CCOCC2)c1. The van der Waals surface area contributed by atoms with Gasteiger partial charge in [-0.25, -0.2) is 4.39 Å². The van der Waals surface area contributed by atoms with E-state index in [-0.39, 0.29) is 5.82 Å². The van der Waals surface area contributed by atoms with Crippen LogP contribution in [0.15, 0.2) is 18.2 Å². The molecular formula is C12H17FN2O. The molecule has 1 aromatic carbocycles. The van der Waals surface area contributed by atoms with E-state index in [0.717, 1.165) is 25.2 Å². The van der Waals surface area contributed by atoms with Crippen LogP contribution in [-0.4, -0.2) is 33.4 Å². The summed E-state index contributed by atoms with van der Waals surface area (Å²) in [7, 11) is 1.89. The molecule has 0 unspecified atom stereocenters. The Kier molecular flexibility index (Phi) is 3.74. The molecule has 0 saturated carbocycles. The minimum absolute atomic E-state index is 0.151. The fourth-order valence-electron chi connectivity index (χ4n) is 1.92. The number of morpholine rings is 1. The molecule has 16 heavy (non-hydrogen) atoms. The molecule has 0 aromatic heterocycles. The molecule has 3 nitrogen and oxygen atoms in total. The monoisotopic (exact) mass is 224 g/mol. The van der Waals surface area contributed by atoms with E-state index < -0.39 is 0 Å². The Labute approximate surface area is 95.2 Å². The molecule has 88 valence electrons. The molecule has 4 heteroatoms. The summed E-state index contributed by atoms with van der Waals surface area (Å²) in [4.78, 5) is 2.04. The van der Waals surface area contributed by atoms with Crippen molar-refractivity contribution in [3.8, 4) is 0 Å². The third kappa shape index (κ3) is 2.51. The number of nitrogens with zero attached hydrogens (tertiary/aromatic N) is 1. The highest BCUT2D eigenvalue weighted by Crippen LogP contribution is 2.21. The first-order chi connectivity index (χ1) is 7.81. The second-order valence-electron chi connectivity index (χ2n) is 3.92. The first-order valence-electron chi connectivity index (χ1n) is 5.57. The van der Waals surface area contributed by atoms with Crippen molar-refractivity contribution in [2.75, 3.05) is 38.3 Å². The van der Waals surface area contributed by atoms with Crippen LogP contribution in [0.25, 0.3) is 0 Å². The molecule has 0 amide bonds. The quantitative estimate of drug-likeness (QED) is 0.839. The van der Waals surface area contributed by atoms with Crippen molar-refractivity contribution in [1.29, 1.82) is 0 Å². The Morgan fingerprint density at radius 3 is 2.81 bits per heavy atom. The van der Waals surface area contributed by atoms with Gasteiger partial charge in [-0.1, -0.05) is 6.07 Å².